The SMILES string of the molecule is Cc1cc(C)c(C(=O)P(C(=O)c2c(Cl)cc(Cl)cc2Cl)C2CCCC2)c(C)c1. The molecule has 1 unspecified atom stereocenters. The summed E-state index contributed by atoms with van der Waals surface area (Å²) < 4.78 is 0. The van der Waals surface area contributed by atoms with Crippen molar-refractivity contribution < 1.29 is 9.59 Å². The van der Waals surface area contributed by atoms with Crippen LogP contribution in [0.15, 0.2) is 24.3 Å². The van der Waals surface area contributed by atoms with Gasteiger partial charge in [0.25, 0.3) is 0 Å². The van der Waals surface area contributed by atoms with Gasteiger partial charge in [0.05, 0.1) is 15.6 Å². The van der Waals surface area contributed by atoms with E-state index in [0.717, 1.165) is 42.4 Å². The van der Waals surface area contributed by atoms with Gasteiger partial charge in [0.1, 0.15) is 0 Å². The highest BCUT2D eigenvalue weighted by molar-refractivity contribution is 7.90. The minimum atomic E-state index is -1.61. The predicted molar refractivity (Wildman–Crippen MR) is 120 cm³/mol. The number of halogens is 3. The lowest BCUT2D eigenvalue weighted by Gasteiger charge is -2.24. The summed E-state index contributed by atoms with van der Waals surface area (Å²) in [4.78, 5) is 27.3. The molecule has 1 atom stereocenters. The molecule has 2 aromatic rings. The molecule has 1 aliphatic carbocycles. The van der Waals surface area contributed by atoms with Crippen LogP contribution in [-0.2, 0) is 0 Å². The Labute approximate surface area is 182 Å². The van der Waals surface area contributed by atoms with E-state index >= 15 is 0 Å². The maximum atomic E-state index is 13.7. The van der Waals surface area contributed by atoms with E-state index in [0.29, 0.717) is 10.6 Å². The lowest BCUT2D eigenvalue weighted by molar-refractivity contribution is 0.105. The molecule has 148 valence electrons. The minimum Gasteiger partial charge on any atom is -0.289 e. The van der Waals surface area contributed by atoms with E-state index in [4.69, 9.17) is 34.8 Å². The van der Waals surface area contributed by atoms with Gasteiger partial charge in [-0.2, -0.15) is 0 Å². The third-order valence-electron chi connectivity index (χ3n) is 5.24. The summed E-state index contributed by atoms with van der Waals surface area (Å²) >= 11 is 18.7. The van der Waals surface area contributed by atoms with Crippen LogP contribution in [0.2, 0.25) is 15.1 Å². The fourth-order valence-electron chi connectivity index (χ4n) is 4.09. The zero-order valence-corrected chi connectivity index (χ0v) is 19.3. The molecule has 1 fully saturated rings. The van der Waals surface area contributed by atoms with Crippen molar-refractivity contribution in [2.75, 3.05) is 0 Å². The largest absolute Gasteiger partial charge is 0.289 e. The van der Waals surface area contributed by atoms with Crippen LogP contribution in [0.25, 0.3) is 0 Å². The summed E-state index contributed by atoms with van der Waals surface area (Å²) in [6.45, 7) is 5.87. The Morgan fingerprint density at radius 2 is 1.29 bits per heavy atom. The maximum Gasteiger partial charge on any atom is 0.195 e. The zero-order chi connectivity index (χ0) is 20.6. The van der Waals surface area contributed by atoms with Crippen LogP contribution in [0, 0.1) is 20.8 Å². The van der Waals surface area contributed by atoms with Crippen molar-refractivity contribution in [1.29, 1.82) is 0 Å². The molecule has 0 bridgehead atoms. The summed E-state index contributed by atoms with van der Waals surface area (Å²) in [5, 5.41) is 0.782. The molecule has 28 heavy (non-hydrogen) atoms. The first-order valence-corrected chi connectivity index (χ1v) is 11.9. The summed E-state index contributed by atoms with van der Waals surface area (Å²) in [6, 6.07) is 7.01. The molecule has 0 saturated heterocycles. The first-order valence-electron chi connectivity index (χ1n) is 9.31. The molecular formula is C22H22Cl3O2P. The van der Waals surface area contributed by atoms with Gasteiger partial charge in [0, 0.05) is 18.5 Å². The molecule has 2 nitrogen and oxygen atoms in total. The van der Waals surface area contributed by atoms with Crippen molar-refractivity contribution in [3.63, 3.8) is 0 Å². The Hall–Kier alpha value is -0.920. The molecule has 0 N–H and O–H groups in total. The number of carbonyl (C=O) groups excluding carboxylic acids is 2. The number of aryl methyl sites for hydroxylation is 3. The zero-order valence-electron chi connectivity index (χ0n) is 16.1. The topological polar surface area (TPSA) is 34.1 Å². The fraction of sp³-hybridized carbons (Fsp3) is 0.364. The number of hydrogen-bond donors (Lipinski definition) is 0. The Morgan fingerprint density at radius 3 is 1.79 bits per heavy atom. The maximum absolute atomic E-state index is 13.7. The highest BCUT2D eigenvalue weighted by atomic mass is 35.5. The molecule has 1 aliphatic rings. The molecule has 3 rings (SSSR count). The van der Waals surface area contributed by atoms with Crippen molar-refractivity contribution in [3.8, 4) is 0 Å². The summed E-state index contributed by atoms with van der Waals surface area (Å²) in [5.41, 5.74) is 3.58. The van der Waals surface area contributed by atoms with Crippen molar-refractivity contribution in [1.82, 2.24) is 0 Å². The van der Waals surface area contributed by atoms with E-state index in [-0.39, 0.29) is 32.3 Å². The van der Waals surface area contributed by atoms with Gasteiger partial charge in [-0.25, -0.2) is 0 Å². The number of benzene rings is 2. The third kappa shape index (κ3) is 4.31. The number of carbonyl (C=O) groups is 2. The number of rotatable bonds is 5. The van der Waals surface area contributed by atoms with Crippen LogP contribution in [-0.4, -0.2) is 16.7 Å². The third-order valence-corrected chi connectivity index (χ3v) is 8.62. The Kier molecular flexibility index (Phi) is 6.88. The molecule has 0 aromatic heterocycles. The normalized spacial score (nSPS) is 15.6. The van der Waals surface area contributed by atoms with Crippen LogP contribution in [0.5, 0.6) is 0 Å². The Balaban J connectivity index is 2.11. The van der Waals surface area contributed by atoms with E-state index in [1.807, 2.05) is 32.9 Å². The van der Waals surface area contributed by atoms with Crippen molar-refractivity contribution in [2.45, 2.75) is 52.1 Å². The van der Waals surface area contributed by atoms with E-state index in [1.54, 1.807) is 0 Å². The minimum absolute atomic E-state index is 0.0658. The average molecular weight is 456 g/mol. The van der Waals surface area contributed by atoms with Crippen LogP contribution >= 0.6 is 42.7 Å². The van der Waals surface area contributed by atoms with Crippen molar-refractivity contribution in [2.24, 2.45) is 0 Å². The number of hydrogen-bond acceptors (Lipinski definition) is 2. The first-order chi connectivity index (χ1) is 13.2. The van der Waals surface area contributed by atoms with Gasteiger partial charge in [0.2, 0.25) is 0 Å². The van der Waals surface area contributed by atoms with E-state index in [2.05, 4.69) is 0 Å². The summed E-state index contributed by atoms with van der Waals surface area (Å²) in [7, 11) is -1.61. The van der Waals surface area contributed by atoms with E-state index < -0.39 is 7.92 Å². The van der Waals surface area contributed by atoms with Crippen molar-refractivity contribution in [3.05, 3.63) is 67.2 Å². The van der Waals surface area contributed by atoms with Crippen molar-refractivity contribution >= 4 is 53.8 Å². The van der Waals surface area contributed by atoms with Gasteiger partial charge in [0.15, 0.2) is 11.0 Å². The molecule has 0 heterocycles. The van der Waals surface area contributed by atoms with Gasteiger partial charge in [-0.15, -0.1) is 0 Å². The highest BCUT2D eigenvalue weighted by Gasteiger charge is 2.39. The second kappa shape index (κ2) is 8.84. The molecule has 1 saturated carbocycles. The second-order valence-corrected chi connectivity index (χ2v) is 11.0. The standard InChI is InChI=1S/C22H22Cl3O2P/c1-12-8-13(2)19(14(3)9-12)21(26)28(16-6-4-5-7-16)22(27)20-17(24)10-15(23)11-18(20)25/h8-11,16H,4-7H2,1-3H3. The molecule has 0 radical (unpaired) electrons. The Morgan fingerprint density at radius 1 is 0.821 bits per heavy atom. The van der Waals surface area contributed by atoms with Crippen LogP contribution in [0.4, 0.5) is 0 Å². The highest BCUT2D eigenvalue weighted by Crippen LogP contribution is 2.55. The van der Waals surface area contributed by atoms with Gasteiger partial charge < -0.3 is 0 Å². The van der Waals surface area contributed by atoms with Crippen LogP contribution < -0.4 is 0 Å². The summed E-state index contributed by atoms with van der Waals surface area (Å²) in [5.74, 6) is 0. The van der Waals surface area contributed by atoms with Gasteiger partial charge in [-0.1, -0.05) is 65.3 Å². The fourth-order valence-corrected chi connectivity index (χ4v) is 8.02. The predicted octanol–water partition coefficient (Wildman–Crippen LogP) is 7.98. The Bertz CT molecular complexity index is 833. The second-order valence-electron chi connectivity index (χ2n) is 7.44. The molecule has 0 amide bonds. The van der Waals surface area contributed by atoms with Gasteiger partial charge >= 0.3 is 0 Å². The molecular weight excluding hydrogens is 434 g/mol. The molecule has 0 spiro atoms. The molecule has 6 heteroatoms. The lowest BCUT2D eigenvalue weighted by atomic mass is 10.0. The van der Waals surface area contributed by atoms with Crippen LogP contribution in [0.1, 0.15) is 63.1 Å². The quantitative estimate of drug-likeness (QED) is 0.428. The van der Waals surface area contributed by atoms with E-state index in [1.165, 1.54) is 12.1 Å². The van der Waals surface area contributed by atoms with E-state index in [9.17, 15) is 9.59 Å². The smallest absolute Gasteiger partial charge is 0.195 e. The molecule has 0 aliphatic heterocycles. The van der Waals surface area contributed by atoms with Crippen LogP contribution in [0.3, 0.4) is 0 Å². The lowest BCUT2D eigenvalue weighted by Crippen LogP contribution is -2.17. The summed E-state index contributed by atoms with van der Waals surface area (Å²) in [6.07, 6.45) is 3.85. The monoisotopic (exact) mass is 454 g/mol. The molecule has 2 aromatic carbocycles. The van der Waals surface area contributed by atoms with Gasteiger partial charge in [-0.3, -0.25) is 9.59 Å². The average Bonchev–Trinajstić information content (AvgIpc) is 3.07. The first kappa shape index (κ1) is 21.8. The van der Waals surface area contributed by atoms with Gasteiger partial charge in [-0.05, 0) is 62.5 Å².